The second-order valence-electron chi connectivity index (χ2n) is 6.96. The van der Waals surface area contributed by atoms with Crippen LogP contribution in [0.5, 0.6) is 0 Å². The summed E-state index contributed by atoms with van der Waals surface area (Å²) in [6.07, 6.45) is 3.79. The number of hydrogen-bond donors (Lipinski definition) is 2. The van der Waals surface area contributed by atoms with Crippen LogP contribution >= 0.6 is 0 Å². The van der Waals surface area contributed by atoms with Crippen molar-refractivity contribution < 1.29 is 4.39 Å². The van der Waals surface area contributed by atoms with Crippen molar-refractivity contribution in [1.82, 2.24) is 15.5 Å². The third kappa shape index (κ3) is 5.59. The third-order valence-electron chi connectivity index (χ3n) is 4.99. The molecule has 0 amide bonds. The number of rotatable bonds is 7. The second kappa shape index (κ2) is 9.04. The van der Waals surface area contributed by atoms with E-state index in [2.05, 4.69) is 25.4 Å². The Morgan fingerprint density at radius 1 is 1.16 bits per heavy atom. The second-order valence-corrected chi connectivity index (χ2v) is 6.96. The molecule has 2 N–H and O–H groups in total. The lowest BCUT2D eigenvalue weighted by Gasteiger charge is -2.36. The van der Waals surface area contributed by atoms with E-state index in [1.807, 2.05) is 19.2 Å². The molecule has 3 rings (SSSR count). The highest BCUT2D eigenvalue weighted by atomic mass is 19.1. The largest absolute Gasteiger partial charge is 0.367 e. The van der Waals surface area contributed by atoms with Crippen molar-refractivity contribution in [2.75, 3.05) is 57.8 Å². The lowest BCUT2D eigenvalue weighted by molar-refractivity contribution is 0.254. The number of halogens is 1. The average Bonchev–Trinajstić information content (AvgIpc) is 3.47. The quantitative estimate of drug-likeness (QED) is 0.449. The predicted octanol–water partition coefficient (Wildman–Crippen LogP) is 1.91. The van der Waals surface area contributed by atoms with Gasteiger partial charge in [0.25, 0.3) is 0 Å². The standard InChI is InChI=1S/C19H30FN5/c1-21-19(23-15-16-7-8-16)22-9-4-10-24-11-13-25(14-12-24)18-6-3-2-5-17(18)20/h2-3,5-6,16H,4,7-15H2,1H3,(H2,21,22,23). The monoisotopic (exact) mass is 347 g/mol. The molecule has 0 unspecified atom stereocenters. The summed E-state index contributed by atoms with van der Waals surface area (Å²) >= 11 is 0. The van der Waals surface area contributed by atoms with E-state index in [0.29, 0.717) is 0 Å². The van der Waals surface area contributed by atoms with Crippen LogP contribution in [0.1, 0.15) is 19.3 Å². The zero-order valence-corrected chi connectivity index (χ0v) is 15.2. The maximum Gasteiger partial charge on any atom is 0.190 e. The molecule has 0 atom stereocenters. The number of anilines is 1. The molecule has 2 aliphatic rings. The summed E-state index contributed by atoms with van der Waals surface area (Å²) in [6, 6.07) is 7.06. The van der Waals surface area contributed by atoms with Crippen LogP contribution in [0.25, 0.3) is 0 Å². The number of benzene rings is 1. The molecule has 1 saturated heterocycles. The molecule has 138 valence electrons. The Hall–Kier alpha value is -1.82. The van der Waals surface area contributed by atoms with Crippen molar-refractivity contribution in [3.63, 3.8) is 0 Å². The van der Waals surface area contributed by atoms with Crippen LogP contribution in [-0.2, 0) is 0 Å². The first kappa shape index (κ1) is 18.0. The van der Waals surface area contributed by atoms with Gasteiger partial charge in [-0.25, -0.2) is 4.39 Å². The van der Waals surface area contributed by atoms with Gasteiger partial charge in [0.1, 0.15) is 5.82 Å². The molecule has 1 heterocycles. The molecular formula is C19H30FN5. The van der Waals surface area contributed by atoms with Crippen molar-refractivity contribution in [3.05, 3.63) is 30.1 Å². The van der Waals surface area contributed by atoms with Gasteiger partial charge >= 0.3 is 0 Å². The lowest BCUT2D eigenvalue weighted by atomic mass is 10.2. The number of aliphatic imine (C=N–C) groups is 1. The van der Waals surface area contributed by atoms with Gasteiger partial charge in [0.05, 0.1) is 5.69 Å². The minimum atomic E-state index is -0.120. The normalized spacial score (nSPS) is 19.1. The van der Waals surface area contributed by atoms with Crippen molar-refractivity contribution in [1.29, 1.82) is 0 Å². The first-order valence-corrected chi connectivity index (χ1v) is 9.42. The van der Waals surface area contributed by atoms with Crippen LogP contribution in [0.2, 0.25) is 0 Å². The number of para-hydroxylation sites is 1. The third-order valence-corrected chi connectivity index (χ3v) is 4.99. The SMILES string of the molecule is CN=C(NCCCN1CCN(c2ccccc2F)CC1)NCC1CC1. The van der Waals surface area contributed by atoms with Gasteiger partial charge in [-0.1, -0.05) is 12.1 Å². The molecule has 5 nitrogen and oxygen atoms in total. The Bertz CT molecular complexity index is 565. The zero-order valence-electron chi connectivity index (χ0n) is 15.2. The molecule has 0 aromatic heterocycles. The van der Waals surface area contributed by atoms with Crippen molar-refractivity contribution in [2.24, 2.45) is 10.9 Å². The number of hydrogen-bond acceptors (Lipinski definition) is 3. The van der Waals surface area contributed by atoms with Crippen LogP contribution in [0.15, 0.2) is 29.3 Å². The Balaban J connectivity index is 1.30. The molecule has 25 heavy (non-hydrogen) atoms. The molecule has 0 bridgehead atoms. The van der Waals surface area contributed by atoms with E-state index < -0.39 is 0 Å². The van der Waals surface area contributed by atoms with Crippen molar-refractivity contribution in [2.45, 2.75) is 19.3 Å². The summed E-state index contributed by atoms with van der Waals surface area (Å²) in [7, 11) is 1.82. The van der Waals surface area contributed by atoms with Gasteiger partial charge < -0.3 is 15.5 Å². The first-order valence-electron chi connectivity index (χ1n) is 9.42. The molecule has 6 heteroatoms. The Morgan fingerprint density at radius 2 is 1.92 bits per heavy atom. The van der Waals surface area contributed by atoms with E-state index in [1.54, 1.807) is 6.07 Å². The van der Waals surface area contributed by atoms with Crippen molar-refractivity contribution in [3.8, 4) is 0 Å². The summed E-state index contributed by atoms with van der Waals surface area (Å²) in [5, 5.41) is 6.77. The van der Waals surface area contributed by atoms with E-state index >= 15 is 0 Å². The van der Waals surface area contributed by atoms with E-state index in [1.165, 1.54) is 18.9 Å². The number of nitrogens with zero attached hydrogens (tertiary/aromatic N) is 3. The first-order chi connectivity index (χ1) is 12.3. The molecule has 1 aliphatic carbocycles. The maximum absolute atomic E-state index is 13.9. The van der Waals surface area contributed by atoms with Crippen LogP contribution < -0.4 is 15.5 Å². The minimum Gasteiger partial charge on any atom is -0.367 e. The highest BCUT2D eigenvalue weighted by molar-refractivity contribution is 5.79. The number of nitrogens with one attached hydrogen (secondary N) is 2. The molecule has 2 fully saturated rings. The molecular weight excluding hydrogens is 317 g/mol. The fourth-order valence-electron chi connectivity index (χ4n) is 3.21. The predicted molar refractivity (Wildman–Crippen MR) is 102 cm³/mol. The number of piperazine rings is 1. The van der Waals surface area contributed by atoms with Crippen LogP contribution in [0.3, 0.4) is 0 Å². The molecule has 1 aromatic carbocycles. The van der Waals surface area contributed by atoms with Gasteiger partial charge in [-0.3, -0.25) is 9.89 Å². The van der Waals surface area contributed by atoms with Gasteiger partial charge in [0.2, 0.25) is 0 Å². The van der Waals surface area contributed by atoms with Crippen molar-refractivity contribution >= 4 is 11.6 Å². The molecule has 1 aliphatic heterocycles. The Labute approximate surface area is 150 Å². The molecule has 0 radical (unpaired) electrons. The van der Waals surface area contributed by atoms with E-state index in [4.69, 9.17) is 0 Å². The number of guanidine groups is 1. The Morgan fingerprint density at radius 3 is 2.60 bits per heavy atom. The van der Waals surface area contributed by atoms with Gasteiger partial charge in [-0.2, -0.15) is 0 Å². The highest BCUT2D eigenvalue weighted by Crippen LogP contribution is 2.27. The van der Waals surface area contributed by atoms with Crippen LogP contribution in [0, 0.1) is 11.7 Å². The topological polar surface area (TPSA) is 42.9 Å². The van der Waals surface area contributed by atoms with Gasteiger partial charge in [0.15, 0.2) is 5.96 Å². The highest BCUT2D eigenvalue weighted by Gasteiger charge is 2.21. The van der Waals surface area contributed by atoms with Gasteiger partial charge in [-0.15, -0.1) is 0 Å². The van der Waals surface area contributed by atoms with E-state index in [9.17, 15) is 4.39 Å². The van der Waals surface area contributed by atoms with Crippen LogP contribution in [-0.4, -0.2) is 63.7 Å². The summed E-state index contributed by atoms with van der Waals surface area (Å²) in [5.74, 6) is 1.64. The summed E-state index contributed by atoms with van der Waals surface area (Å²) in [5.41, 5.74) is 0.731. The smallest absolute Gasteiger partial charge is 0.190 e. The lowest BCUT2D eigenvalue weighted by Crippen LogP contribution is -2.47. The fraction of sp³-hybridized carbons (Fsp3) is 0.632. The average molecular weight is 347 g/mol. The maximum atomic E-state index is 13.9. The zero-order chi connectivity index (χ0) is 17.5. The van der Waals surface area contributed by atoms with E-state index in [-0.39, 0.29) is 5.82 Å². The fourth-order valence-corrected chi connectivity index (χ4v) is 3.21. The summed E-state index contributed by atoms with van der Waals surface area (Å²) < 4.78 is 13.9. The summed E-state index contributed by atoms with van der Waals surface area (Å²) in [6.45, 7) is 6.79. The van der Waals surface area contributed by atoms with Crippen LogP contribution in [0.4, 0.5) is 10.1 Å². The molecule has 1 saturated carbocycles. The van der Waals surface area contributed by atoms with Gasteiger partial charge in [-0.05, 0) is 43.9 Å². The molecule has 0 spiro atoms. The Kier molecular flexibility index (Phi) is 6.50. The minimum absolute atomic E-state index is 0.120. The van der Waals surface area contributed by atoms with Gasteiger partial charge in [0, 0.05) is 46.3 Å². The van der Waals surface area contributed by atoms with E-state index in [0.717, 1.165) is 69.8 Å². The molecule has 1 aromatic rings. The summed E-state index contributed by atoms with van der Waals surface area (Å²) in [4.78, 5) is 8.87.